The van der Waals surface area contributed by atoms with Crippen LogP contribution in [-0.2, 0) is 0 Å². The summed E-state index contributed by atoms with van der Waals surface area (Å²) in [6.45, 7) is 4.01. The van der Waals surface area contributed by atoms with E-state index in [2.05, 4.69) is 22.0 Å². The lowest BCUT2D eigenvalue weighted by atomic mass is 9.95. The zero-order valence-corrected chi connectivity index (χ0v) is 11.6. The van der Waals surface area contributed by atoms with Crippen molar-refractivity contribution >= 4 is 32.5 Å². The van der Waals surface area contributed by atoms with Gasteiger partial charge < -0.3 is 0 Å². The van der Waals surface area contributed by atoms with Gasteiger partial charge in [-0.2, -0.15) is 0 Å². The minimum absolute atomic E-state index is 0.0907. The Balaban J connectivity index is 2.66. The van der Waals surface area contributed by atoms with Crippen LogP contribution >= 0.6 is 15.9 Å². The van der Waals surface area contributed by atoms with E-state index in [4.69, 9.17) is 0 Å². The SMILES string of the molecule is CCC(Br)C(=O)c1c(C)ccc2ccccc12. The summed E-state index contributed by atoms with van der Waals surface area (Å²) in [4.78, 5) is 12.3. The van der Waals surface area contributed by atoms with Crippen LogP contribution in [0, 0.1) is 6.92 Å². The molecule has 0 heterocycles. The fourth-order valence-electron chi connectivity index (χ4n) is 2.05. The predicted octanol–water partition coefficient (Wildman–Crippen LogP) is 4.50. The second kappa shape index (κ2) is 5.01. The van der Waals surface area contributed by atoms with Gasteiger partial charge in [-0.05, 0) is 29.7 Å². The molecule has 0 aromatic heterocycles. The monoisotopic (exact) mass is 290 g/mol. The summed E-state index contributed by atoms with van der Waals surface area (Å²) in [5, 5.41) is 2.17. The number of carbonyl (C=O) groups excluding carboxylic acids is 1. The normalized spacial score (nSPS) is 12.6. The Bertz CT molecular complexity index is 560. The first-order valence-corrected chi connectivity index (χ1v) is 6.73. The molecule has 2 aromatic carbocycles. The smallest absolute Gasteiger partial charge is 0.177 e. The average molecular weight is 291 g/mol. The van der Waals surface area contributed by atoms with E-state index in [9.17, 15) is 4.79 Å². The number of halogens is 1. The number of hydrogen-bond acceptors (Lipinski definition) is 1. The number of aryl methyl sites for hydroxylation is 1. The van der Waals surface area contributed by atoms with E-state index in [0.29, 0.717) is 0 Å². The van der Waals surface area contributed by atoms with Crippen LogP contribution in [0.15, 0.2) is 36.4 Å². The summed E-state index contributed by atoms with van der Waals surface area (Å²) in [6.07, 6.45) is 0.807. The molecule has 0 fully saturated rings. The van der Waals surface area contributed by atoms with E-state index in [1.807, 2.05) is 44.2 Å². The molecule has 2 rings (SSSR count). The van der Waals surface area contributed by atoms with Crippen molar-refractivity contribution in [3.63, 3.8) is 0 Å². The lowest BCUT2D eigenvalue weighted by molar-refractivity contribution is 0.0991. The van der Waals surface area contributed by atoms with Gasteiger partial charge in [-0.15, -0.1) is 0 Å². The fraction of sp³-hybridized carbons (Fsp3) is 0.267. The van der Waals surface area contributed by atoms with Gasteiger partial charge in [0.1, 0.15) is 0 Å². The highest BCUT2D eigenvalue weighted by atomic mass is 79.9. The maximum absolute atomic E-state index is 12.4. The lowest BCUT2D eigenvalue weighted by Crippen LogP contribution is -2.14. The molecule has 88 valence electrons. The van der Waals surface area contributed by atoms with Gasteiger partial charge in [-0.25, -0.2) is 0 Å². The Kier molecular flexibility index (Phi) is 3.63. The molecule has 1 atom stereocenters. The van der Waals surface area contributed by atoms with Crippen LogP contribution in [0.25, 0.3) is 10.8 Å². The van der Waals surface area contributed by atoms with Gasteiger partial charge in [0.25, 0.3) is 0 Å². The summed E-state index contributed by atoms with van der Waals surface area (Å²) in [5.41, 5.74) is 1.90. The molecule has 1 unspecified atom stereocenters. The highest BCUT2D eigenvalue weighted by molar-refractivity contribution is 9.10. The third-order valence-corrected chi connectivity index (χ3v) is 4.09. The lowest BCUT2D eigenvalue weighted by Gasteiger charge is -2.12. The first-order valence-electron chi connectivity index (χ1n) is 5.81. The van der Waals surface area contributed by atoms with Crippen molar-refractivity contribution in [1.82, 2.24) is 0 Å². The third-order valence-electron chi connectivity index (χ3n) is 3.03. The van der Waals surface area contributed by atoms with Crippen LogP contribution in [-0.4, -0.2) is 10.6 Å². The van der Waals surface area contributed by atoms with Crippen molar-refractivity contribution < 1.29 is 4.79 Å². The molecule has 1 nitrogen and oxygen atoms in total. The Labute approximate surface area is 110 Å². The zero-order valence-electron chi connectivity index (χ0n) is 10.0. The first kappa shape index (κ1) is 12.3. The topological polar surface area (TPSA) is 17.1 Å². The molecule has 0 saturated carbocycles. The van der Waals surface area contributed by atoms with E-state index in [0.717, 1.165) is 28.3 Å². The second-order valence-electron chi connectivity index (χ2n) is 4.22. The van der Waals surface area contributed by atoms with Crippen LogP contribution in [0.1, 0.15) is 29.3 Å². The average Bonchev–Trinajstić information content (AvgIpc) is 2.37. The molecule has 2 aromatic rings. The van der Waals surface area contributed by atoms with Crippen molar-refractivity contribution in [3.05, 3.63) is 47.5 Å². The number of alkyl halides is 1. The van der Waals surface area contributed by atoms with Crippen LogP contribution < -0.4 is 0 Å². The standard InChI is InChI=1S/C15H15BrO/c1-3-13(16)15(17)14-10(2)8-9-11-6-4-5-7-12(11)14/h4-9,13H,3H2,1-2H3. The number of benzene rings is 2. The Morgan fingerprint density at radius 3 is 2.65 bits per heavy atom. The van der Waals surface area contributed by atoms with Crippen LogP contribution in [0.2, 0.25) is 0 Å². The number of rotatable bonds is 3. The Morgan fingerprint density at radius 1 is 1.24 bits per heavy atom. The second-order valence-corrected chi connectivity index (χ2v) is 5.32. The minimum Gasteiger partial charge on any atom is -0.293 e. The van der Waals surface area contributed by atoms with Gasteiger partial charge in [0.2, 0.25) is 0 Å². The number of Topliss-reactive ketones (excluding diaryl/α,β-unsaturated/α-hetero) is 1. The third kappa shape index (κ3) is 2.27. The minimum atomic E-state index is -0.0907. The van der Waals surface area contributed by atoms with Crippen molar-refractivity contribution in [2.24, 2.45) is 0 Å². The van der Waals surface area contributed by atoms with E-state index >= 15 is 0 Å². The molecule has 0 radical (unpaired) electrons. The maximum Gasteiger partial charge on any atom is 0.177 e. The molecule has 0 aliphatic rings. The number of fused-ring (bicyclic) bond motifs is 1. The summed E-state index contributed by atoms with van der Waals surface area (Å²) >= 11 is 3.45. The zero-order chi connectivity index (χ0) is 12.4. The van der Waals surface area contributed by atoms with Crippen LogP contribution in [0.4, 0.5) is 0 Å². The Morgan fingerprint density at radius 2 is 1.94 bits per heavy atom. The fourth-order valence-corrected chi connectivity index (χ4v) is 2.28. The molecule has 0 saturated heterocycles. The van der Waals surface area contributed by atoms with Gasteiger partial charge in [-0.1, -0.05) is 59.3 Å². The molecule has 0 amide bonds. The molecule has 0 N–H and O–H groups in total. The molecular formula is C15H15BrO. The van der Waals surface area contributed by atoms with Gasteiger partial charge in [0.15, 0.2) is 5.78 Å². The number of ketones is 1. The van der Waals surface area contributed by atoms with E-state index < -0.39 is 0 Å². The largest absolute Gasteiger partial charge is 0.293 e. The molecule has 17 heavy (non-hydrogen) atoms. The van der Waals surface area contributed by atoms with Crippen molar-refractivity contribution in [2.75, 3.05) is 0 Å². The van der Waals surface area contributed by atoms with Gasteiger partial charge >= 0.3 is 0 Å². The quantitative estimate of drug-likeness (QED) is 0.601. The van der Waals surface area contributed by atoms with Gasteiger partial charge in [-0.3, -0.25) is 4.79 Å². The number of carbonyl (C=O) groups is 1. The molecule has 0 aliphatic carbocycles. The first-order chi connectivity index (χ1) is 8.15. The summed E-state index contributed by atoms with van der Waals surface area (Å²) in [5.74, 6) is 0.182. The molecule has 0 bridgehead atoms. The van der Waals surface area contributed by atoms with Crippen molar-refractivity contribution in [1.29, 1.82) is 0 Å². The number of hydrogen-bond donors (Lipinski definition) is 0. The summed E-state index contributed by atoms with van der Waals surface area (Å²) < 4.78 is 0. The predicted molar refractivity (Wildman–Crippen MR) is 76.0 cm³/mol. The van der Waals surface area contributed by atoms with Gasteiger partial charge in [0.05, 0.1) is 4.83 Å². The summed E-state index contributed by atoms with van der Waals surface area (Å²) in [7, 11) is 0. The highest BCUT2D eigenvalue weighted by Crippen LogP contribution is 2.25. The van der Waals surface area contributed by atoms with Crippen LogP contribution in [0.5, 0.6) is 0 Å². The molecule has 0 spiro atoms. The van der Waals surface area contributed by atoms with Crippen molar-refractivity contribution in [3.8, 4) is 0 Å². The maximum atomic E-state index is 12.4. The van der Waals surface area contributed by atoms with Crippen molar-refractivity contribution in [2.45, 2.75) is 25.1 Å². The van der Waals surface area contributed by atoms with E-state index in [-0.39, 0.29) is 10.6 Å². The van der Waals surface area contributed by atoms with E-state index in [1.165, 1.54) is 0 Å². The summed E-state index contributed by atoms with van der Waals surface area (Å²) in [6, 6.07) is 12.1. The molecule has 2 heteroatoms. The Hall–Kier alpha value is -1.15. The van der Waals surface area contributed by atoms with Gasteiger partial charge in [0, 0.05) is 5.56 Å². The van der Waals surface area contributed by atoms with E-state index in [1.54, 1.807) is 0 Å². The van der Waals surface area contributed by atoms with Crippen LogP contribution in [0.3, 0.4) is 0 Å². The molecular weight excluding hydrogens is 276 g/mol. The highest BCUT2D eigenvalue weighted by Gasteiger charge is 2.19. The molecule has 0 aliphatic heterocycles.